The maximum Gasteiger partial charge on any atom is 0.410 e. The van der Waals surface area contributed by atoms with Gasteiger partial charge in [0.25, 0.3) is 0 Å². The average Bonchev–Trinajstić information content (AvgIpc) is 0.913. The fraction of sp³-hybridized carbons (Fsp3) is 0.820. The van der Waals surface area contributed by atoms with Gasteiger partial charge in [-0.05, 0) is 201 Å². The first-order valence-electron chi connectivity index (χ1n) is 31.7. The first-order chi connectivity index (χ1) is 46.3. The smallest absolute Gasteiger partial charge is 0.410 e. The molecule has 0 unspecified atom stereocenters. The van der Waals surface area contributed by atoms with Crippen molar-refractivity contribution in [2.24, 2.45) is 42.2 Å². The molecule has 0 aliphatic rings. The summed E-state index contributed by atoms with van der Waals surface area (Å²) >= 11 is 2.94. The first kappa shape index (κ1) is 112. The van der Waals surface area contributed by atoms with Crippen LogP contribution in [0.1, 0.15) is 208 Å². The number of nitriles is 1. The molecule has 0 fully saturated rings. The van der Waals surface area contributed by atoms with Crippen molar-refractivity contribution in [2.45, 2.75) is 231 Å². The average molecular weight is 1490 g/mol. The van der Waals surface area contributed by atoms with Crippen molar-refractivity contribution in [1.82, 2.24) is 9.80 Å². The van der Waals surface area contributed by atoms with Crippen LogP contribution in [0, 0.1) is 11.3 Å². The second-order valence-corrected chi connectivity index (χ2v) is 23.8. The molecule has 0 rings (SSSR count). The molecule has 0 aromatic carbocycles. The van der Waals surface area contributed by atoms with E-state index >= 15 is 0 Å². The number of Topliss-reactive ketones (excluding diaryl/α,β-unsaturated/α-hetero) is 1. The normalized spacial score (nSPS) is 9.42. The minimum absolute atomic E-state index is 0. The van der Waals surface area contributed by atoms with Crippen LogP contribution >= 0.6 is 15.9 Å². The van der Waals surface area contributed by atoms with Crippen LogP contribution in [-0.4, -0.2) is 182 Å². The molecule has 0 atom stereocenters. The number of carbonyl (C=O) groups is 8. The van der Waals surface area contributed by atoms with Gasteiger partial charge in [-0.2, -0.15) is 5.26 Å². The van der Waals surface area contributed by atoms with Gasteiger partial charge in [-0.25, -0.2) is 14.4 Å². The van der Waals surface area contributed by atoms with E-state index in [0.29, 0.717) is 96.6 Å². The zero-order chi connectivity index (χ0) is 78.4. The maximum absolute atomic E-state index is 11.8. The number of esters is 4. The van der Waals surface area contributed by atoms with E-state index in [-0.39, 0.29) is 69.7 Å². The van der Waals surface area contributed by atoms with Gasteiger partial charge in [0.1, 0.15) is 33.5 Å². The van der Waals surface area contributed by atoms with Crippen molar-refractivity contribution in [2.75, 3.05) is 97.1 Å². The lowest BCUT2D eigenvalue weighted by Gasteiger charge is -2.27. The Morgan fingerprint density at radius 1 is 0.500 bits per heavy atom. The molecule has 0 aliphatic carbocycles. The van der Waals surface area contributed by atoms with Crippen molar-refractivity contribution < 1.29 is 71.9 Å². The minimum Gasteiger partial charge on any atom is -0.481 e. The Balaban J connectivity index is -0.000000118. The van der Waals surface area contributed by atoms with Crippen LogP contribution in [0.5, 0.6) is 0 Å². The summed E-state index contributed by atoms with van der Waals surface area (Å²) in [6, 6.07) is 1.75. The lowest BCUT2D eigenvalue weighted by Crippen LogP contribution is -2.40. The third-order valence-corrected chi connectivity index (χ3v) is 9.69. The summed E-state index contributed by atoms with van der Waals surface area (Å²) < 4.78 is 29.6. The van der Waals surface area contributed by atoms with Gasteiger partial charge in [0.05, 0.1) is 32.2 Å². The van der Waals surface area contributed by atoms with Gasteiger partial charge in [-0.3, -0.25) is 24.0 Å². The number of carboxylic acids is 1. The summed E-state index contributed by atoms with van der Waals surface area (Å²) in [6.07, 6.45) is 9.60. The monoisotopic (exact) mass is 1490 g/mol. The molecular weight excluding hydrogens is 1370 g/mol. The Morgan fingerprint density at radius 3 is 1.10 bits per heavy atom. The standard InChI is InChI=1S/C11H20N4O4.C11H20N4O3.C11H21N3O2.C8H15N3O2.C7H12O2.C4H7BrO2.2C3H8N4.C2H3N.CH4/c1-11(2,3)19-10(18)15(8-5-9(16)17)7-4-6-13-14-12;1-9(16)8-15(7-5-6-13-14-12)10(17)18-11(2,3)4;1-11(2,3)16-10(15)8-6-4-5-7-9-13-14-12;1-2-13-8(12)6-4-3-5-7-10-11-9;1-5-6(8)9-7(2,3)4;1-2-7-4(6)3-5;2*4-2-1-3-6-7-5;1-2-3;/h4-8H2,1-3H3,(H,16,17);5-8H2,1-4H3;4-9H2,1-3H3;2-7H2,1H3;5H,1H2,2-4H3;2-3H2,1H3;2*1-4H2;1H3;1H4. The van der Waals surface area contributed by atoms with Crippen molar-refractivity contribution in [3.63, 3.8) is 0 Å². The van der Waals surface area contributed by atoms with Gasteiger partial charge < -0.3 is 54.8 Å². The zero-order valence-electron chi connectivity index (χ0n) is 61.4. The third-order valence-electron chi connectivity index (χ3n) is 9.23. The summed E-state index contributed by atoms with van der Waals surface area (Å²) in [4.78, 5) is 106. The van der Waals surface area contributed by atoms with Crippen molar-refractivity contribution in [1.29, 1.82) is 5.26 Å². The second-order valence-electron chi connectivity index (χ2n) is 23.2. The molecule has 0 radical (unpaired) electrons. The highest BCUT2D eigenvalue weighted by Crippen LogP contribution is 2.14. The number of unbranched alkanes of at least 4 members (excludes halogenated alkanes) is 5. The molecule has 0 spiro atoms. The molecule has 5 N–H and O–H groups in total. The molecule has 100 heavy (non-hydrogen) atoms. The van der Waals surface area contributed by atoms with Gasteiger partial charge >= 0.3 is 42.0 Å². The topological polar surface area (TPSA) is 587 Å². The fourth-order valence-electron chi connectivity index (χ4n) is 5.54. The molecule has 0 aromatic rings. The summed E-state index contributed by atoms with van der Waals surface area (Å²) in [6.45, 7) is 36.6. The number of rotatable bonds is 36. The highest BCUT2D eigenvalue weighted by molar-refractivity contribution is 9.09. The molecular formula is C61H118BrN23O15. The number of azide groups is 6. The van der Waals surface area contributed by atoms with E-state index in [1.54, 1.807) is 61.5 Å². The van der Waals surface area contributed by atoms with Crippen LogP contribution in [0.3, 0.4) is 0 Å². The Morgan fingerprint density at radius 2 is 0.810 bits per heavy atom. The van der Waals surface area contributed by atoms with Crippen LogP contribution in [0.2, 0.25) is 0 Å². The van der Waals surface area contributed by atoms with Crippen molar-refractivity contribution >= 4 is 63.7 Å². The number of carboxylic acid groups (broad SMARTS) is 1. The number of ketones is 1. The van der Waals surface area contributed by atoms with Crippen LogP contribution in [0.15, 0.2) is 43.3 Å². The van der Waals surface area contributed by atoms with Crippen LogP contribution in [-0.2, 0) is 57.2 Å². The van der Waals surface area contributed by atoms with Gasteiger partial charge in [0, 0.05) is 114 Å². The SMILES string of the molecule is C.C=CC(=O)OC(C)(C)C.CC#N.CC(=O)CN(CCCN=[N+]=[N-])C(=O)OC(C)(C)C.CC(C)(C)OC(=O)CCCCCCN=[N+]=[N-].CC(C)(C)OC(=O)N(CCCN=[N+]=[N-])CCC(=O)O.CCOC(=O)CBr.CCOC(=O)CCCCCN=[N+]=[N-].[N-]=[N+]=NCCCN.[N-]=[N+]=NCCCN. The Labute approximate surface area is 599 Å². The van der Waals surface area contributed by atoms with Crippen molar-refractivity contribution in [3.05, 3.63) is 75.3 Å². The number of amides is 2. The van der Waals surface area contributed by atoms with Gasteiger partial charge in [0.15, 0.2) is 0 Å². The number of aliphatic carboxylic acids is 1. The third kappa shape index (κ3) is 123. The lowest BCUT2D eigenvalue weighted by atomic mass is 10.1. The molecule has 0 saturated carbocycles. The largest absolute Gasteiger partial charge is 0.481 e. The molecule has 0 bridgehead atoms. The number of hydrogen-bond acceptors (Lipinski definition) is 23. The fourth-order valence-corrected chi connectivity index (χ4v) is 5.70. The number of ether oxygens (including phenoxy) is 6. The number of halogens is 1. The predicted molar refractivity (Wildman–Crippen MR) is 388 cm³/mol. The van der Waals surface area contributed by atoms with E-state index in [0.717, 1.165) is 63.9 Å². The maximum atomic E-state index is 11.8. The lowest BCUT2D eigenvalue weighted by molar-refractivity contribution is -0.155. The number of nitrogens with zero attached hydrogens (tertiary/aromatic N) is 21. The summed E-state index contributed by atoms with van der Waals surface area (Å²) in [5.74, 6) is -1.97. The summed E-state index contributed by atoms with van der Waals surface area (Å²) in [5.41, 5.74) is 55.9. The molecule has 39 heteroatoms. The Bertz CT molecular complexity index is 2500. The molecule has 38 nitrogen and oxygen atoms in total. The van der Waals surface area contributed by atoms with Crippen molar-refractivity contribution in [3.8, 4) is 6.07 Å². The highest BCUT2D eigenvalue weighted by atomic mass is 79.9. The molecule has 0 aliphatic heterocycles. The van der Waals surface area contributed by atoms with E-state index in [1.165, 1.54) is 23.6 Å². The van der Waals surface area contributed by atoms with E-state index in [1.807, 2.05) is 41.5 Å². The number of nitrogens with two attached hydrogens (primary N) is 2. The minimum atomic E-state index is -0.983. The van der Waals surface area contributed by atoms with Gasteiger partial charge in [-0.15, -0.1) is 0 Å². The highest BCUT2D eigenvalue weighted by Gasteiger charge is 2.24. The number of alkyl halides is 1. The van der Waals surface area contributed by atoms with Gasteiger partial charge in [-0.1, -0.05) is 79.9 Å². The molecule has 0 aromatic heterocycles. The predicted octanol–water partition coefficient (Wildman–Crippen LogP) is 15.8. The second kappa shape index (κ2) is 80.7. The molecule has 2 amide bonds. The van der Waals surface area contributed by atoms with Crippen LogP contribution < -0.4 is 11.5 Å². The number of hydrogen-bond donors (Lipinski definition) is 3. The van der Waals surface area contributed by atoms with E-state index in [9.17, 15) is 38.4 Å². The Hall–Kier alpha value is -8.95. The van der Waals surface area contributed by atoms with Crippen LogP contribution in [0.4, 0.5) is 9.59 Å². The van der Waals surface area contributed by atoms with E-state index in [4.69, 9.17) is 78.7 Å². The van der Waals surface area contributed by atoms with E-state index in [2.05, 4.69) is 87.4 Å². The summed E-state index contributed by atoms with van der Waals surface area (Å²) in [5, 5.41) is 36.3. The first-order valence-corrected chi connectivity index (χ1v) is 32.8. The molecule has 0 saturated heterocycles. The van der Waals surface area contributed by atoms with E-state index < -0.39 is 40.6 Å². The number of carbonyl (C=O) groups excluding carboxylic acids is 7. The Kier molecular flexibility index (Phi) is 90.7. The summed E-state index contributed by atoms with van der Waals surface area (Å²) in [7, 11) is 0. The quantitative estimate of drug-likeness (QED) is 0.00766. The van der Waals surface area contributed by atoms with Crippen LogP contribution in [0.25, 0.3) is 62.7 Å². The van der Waals surface area contributed by atoms with Gasteiger partial charge in [0.2, 0.25) is 0 Å². The molecule has 574 valence electrons. The zero-order valence-corrected chi connectivity index (χ0v) is 63.0. The molecule has 0 heterocycles.